The molecule has 0 radical (unpaired) electrons. The van der Waals surface area contributed by atoms with Crippen LogP contribution in [0.1, 0.15) is 11.1 Å². The molecule has 4 heteroatoms. The van der Waals surface area contributed by atoms with Gasteiger partial charge in [0.1, 0.15) is 5.75 Å². The second-order valence-corrected chi connectivity index (χ2v) is 3.94. The van der Waals surface area contributed by atoms with E-state index in [1.54, 1.807) is 7.11 Å². The fraction of sp³-hybridized carbons (Fsp3) is 0.500. The first-order valence-electron chi connectivity index (χ1n) is 5.43. The third kappa shape index (κ3) is 2.87. The van der Waals surface area contributed by atoms with Gasteiger partial charge in [0.25, 0.3) is 0 Å². The van der Waals surface area contributed by atoms with Gasteiger partial charge in [0.15, 0.2) is 0 Å². The Hall–Kier alpha value is -1.26. The predicted molar refractivity (Wildman–Crippen MR) is 68.0 cm³/mol. The molecule has 0 aliphatic rings. The van der Waals surface area contributed by atoms with E-state index in [9.17, 15) is 0 Å². The average molecular weight is 223 g/mol. The highest BCUT2D eigenvalue weighted by Crippen LogP contribution is 2.26. The van der Waals surface area contributed by atoms with E-state index >= 15 is 0 Å². The van der Waals surface area contributed by atoms with Gasteiger partial charge in [0.2, 0.25) is 0 Å². The molecular weight excluding hydrogens is 202 g/mol. The molecule has 90 valence electrons. The van der Waals surface area contributed by atoms with Gasteiger partial charge in [-0.2, -0.15) is 0 Å². The van der Waals surface area contributed by atoms with Gasteiger partial charge in [0.05, 0.1) is 7.11 Å². The van der Waals surface area contributed by atoms with Crippen LogP contribution in [0, 0.1) is 13.8 Å². The van der Waals surface area contributed by atoms with E-state index in [-0.39, 0.29) is 6.04 Å². The highest BCUT2D eigenvalue weighted by molar-refractivity contribution is 5.58. The Kier molecular flexibility index (Phi) is 4.58. The van der Waals surface area contributed by atoms with Crippen molar-refractivity contribution in [3.8, 4) is 5.75 Å². The second kappa shape index (κ2) is 5.72. The highest BCUT2D eigenvalue weighted by atomic mass is 16.5. The maximum Gasteiger partial charge on any atom is 0.122 e. The third-order valence-electron chi connectivity index (χ3n) is 2.81. The molecule has 0 saturated heterocycles. The van der Waals surface area contributed by atoms with Gasteiger partial charge in [-0.15, -0.1) is 0 Å². The zero-order valence-corrected chi connectivity index (χ0v) is 10.2. The van der Waals surface area contributed by atoms with E-state index in [0.29, 0.717) is 13.1 Å². The zero-order chi connectivity index (χ0) is 12.1. The van der Waals surface area contributed by atoms with Gasteiger partial charge in [-0.1, -0.05) is 0 Å². The molecule has 1 unspecified atom stereocenters. The quantitative estimate of drug-likeness (QED) is 0.696. The lowest BCUT2D eigenvalue weighted by molar-refractivity contribution is 0.411. The Bertz CT molecular complexity index is 352. The number of methoxy groups -OCH3 is 1. The molecule has 5 N–H and O–H groups in total. The first kappa shape index (κ1) is 12.8. The molecule has 0 amide bonds. The largest absolute Gasteiger partial charge is 0.496 e. The molecule has 0 aromatic heterocycles. The first-order valence-corrected chi connectivity index (χ1v) is 5.43. The van der Waals surface area contributed by atoms with E-state index in [1.165, 1.54) is 5.56 Å². The lowest BCUT2D eigenvalue weighted by atomic mass is 10.1. The summed E-state index contributed by atoms with van der Waals surface area (Å²) in [5, 5.41) is 3.30. The van der Waals surface area contributed by atoms with Crippen molar-refractivity contribution in [3.05, 3.63) is 23.3 Å². The summed E-state index contributed by atoms with van der Waals surface area (Å²) >= 11 is 0. The number of ether oxygens (including phenoxy) is 1. The van der Waals surface area contributed by atoms with Crippen molar-refractivity contribution >= 4 is 5.69 Å². The molecule has 0 heterocycles. The molecule has 0 saturated carbocycles. The van der Waals surface area contributed by atoms with Crippen molar-refractivity contribution in [3.63, 3.8) is 0 Å². The Balaban J connectivity index is 2.78. The van der Waals surface area contributed by atoms with Crippen molar-refractivity contribution in [2.75, 3.05) is 25.5 Å². The second-order valence-electron chi connectivity index (χ2n) is 3.94. The molecular formula is C12H21N3O. The molecule has 1 atom stereocenters. The molecule has 1 aromatic rings. The van der Waals surface area contributed by atoms with Crippen molar-refractivity contribution in [2.45, 2.75) is 19.9 Å². The Morgan fingerprint density at radius 1 is 1.31 bits per heavy atom. The summed E-state index contributed by atoms with van der Waals surface area (Å²) in [6.45, 7) is 5.28. The highest BCUT2D eigenvalue weighted by Gasteiger charge is 2.07. The molecule has 4 nitrogen and oxygen atoms in total. The van der Waals surface area contributed by atoms with E-state index in [2.05, 4.69) is 12.2 Å². The van der Waals surface area contributed by atoms with Crippen LogP contribution < -0.4 is 21.5 Å². The number of nitrogens with two attached hydrogens (primary N) is 2. The van der Waals surface area contributed by atoms with Gasteiger partial charge in [-0.25, -0.2) is 0 Å². The van der Waals surface area contributed by atoms with Gasteiger partial charge < -0.3 is 21.5 Å². The van der Waals surface area contributed by atoms with Crippen LogP contribution in [-0.4, -0.2) is 26.2 Å². The van der Waals surface area contributed by atoms with E-state index in [0.717, 1.165) is 17.0 Å². The van der Waals surface area contributed by atoms with Crippen LogP contribution in [-0.2, 0) is 0 Å². The van der Waals surface area contributed by atoms with Crippen LogP contribution in [0.3, 0.4) is 0 Å². The van der Waals surface area contributed by atoms with Crippen LogP contribution in [0.2, 0.25) is 0 Å². The maximum atomic E-state index is 5.75. The first-order chi connectivity index (χ1) is 7.60. The lowest BCUT2D eigenvalue weighted by Gasteiger charge is -2.16. The number of nitrogens with one attached hydrogen (secondary N) is 1. The Morgan fingerprint density at radius 2 is 2.00 bits per heavy atom. The smallest absolute Gasteiger partial charge is 0.122 e. The van der Waals surface area contributed by atoms with Crippen LogP contribution in [0.25, 0.3) is 0 Å². The predicted octanol–water partition coefficient (Wildman–Crippen LogP) is 1.01. The SMILES string of the molecule is COc1ccc(NCC(N)CN)c(C)c1C. The van der Waals surface area contributed by atoms with Crippen LogP contribution >= 0.6 is 0 Å². The monoisotopic (exact) mass is 223 g/mol. The molecule has 0 spiro atoms. The maximum absolute atomic E-state index is 5.75. The molecule has 1 rings (SSSR count). The summed E-state index contributed by atoms with van der Waals surface area (Å²) < 4.78 is 5.26. The molecule has 0 aliphatic heterocycles. The number of benzene rings is 1. The standard InChI is InChI=1S/C12H21N3O/c1-8-9(2)12(16-3)5-4-11(8)15-7-10(14)6-13/h4-5,10,15H,6-7,13-14H2,1-3H3. The normalized spacial score (nSPS) is 12.3. The van der Waals surface area contributed by atoms with Gasteiger partial charge in [-0.05, 0) is 37.1 Å². The number of rotatable bonds is 5. The Labute approximate surface area is 97.0 Å². The minimum absolute atomic E-state index is 0.0122. The van der Waals surface area contributed by atoms with Crippen molar-refractivity contribution in [2.24, 2.45) is 11.5 Å². The molecule has 0 bridgehead atoms. The van der Waals surface area contributed by atoms with E-state index < -0.39 is 0 Å². The number of hydrogen-bond acceptors (Lipinski definition) is 4. The van der Waals surface area contributed by atoms with E-state index in [4.69, 9.17) is 16.2 Å². The summed E-state index contributed by atoms with van der Waals surface area (Å²) in [5.74, 6) is 0.908. The van der Waals surface area contributed by atoms with Crippen LogP contribution in [0.5, 0.6) is 5.75 Å². The minimum Gasteiger partial charge on any atom is -0.496 e. The minimum atomic E-state index is -0.0122. The zero-order valence-electron chi connectivity index (χ0n) is 10.2. The number of anilines is 1. The van der Waals surface area contributed by atoms with Crippen LogP contribution in [0.15, 0.2) is 12.1 Å². The van der Waals surface area contributed by atoms with Gasteiger partial charge in [-0.3, -0.25) is 0 Å². The topological polar surface area (TPSA) is 73.3 Å². The third-order valence-corrected chi connectivity index (χ3v) is 2.81. The molecule has 16 heavy (non-hydrogen) atoms. The Morgan fingerprint density at radius 3 is 2.56 bits per heavy atom. The fourth-order valence-corrected chi connectivity index (χ4v) is 1.53. The van der Waals surface area contributed by atoms with Gasteiger partial charge >= 0.3 is 0 Å². The van der Waals surface area contributed by atoms with Crippen molar-refractivity contribution in [1.29, 1.82) is 0 Å². The number of hydrogen-bond donors (Lipinski definition) is 3. The van der Waals surface area contributed by atoms with Crippen LogP contribution in [0.4, 0.5) is 5.69 Å². The molecule has 0 aliphatic carbocycles. The molecule has 1 aromatic carbocycles. The van der Waals surface area contributed by atoms with Gasteiger partial charge in [0, 0.05) is 24.8 Å². The summed E-state index contributed by atoms with van der Waals surface area (Å²) in [6, 6.07) is 3.95. The van der Waals surface area contributed by atoms with Crippen molar-refractivity contribution in [1.82, 2.24) is 0 Å². The lowest BCUT2D eigenvalue weighted by Crippen LogP contribution is -2.36. The summed E-state index contributed by atoms with van der Waals surface area (Å²) in [6.07, 6.45) is 0. The molecule has 0 fully saturated rings. The average Bonchev–Trinajstić information content (AvgIpc) is 2.30. The van der Waals surface area contributed by atoms with E-state index in [1.807, 2.05) is 19.1 Å². The summed E-state index contributed by atoms with van der Waals surface area (Å²) in [4.78, 5) is 0. The van der Waals surface area contributed by atoms with Crippen molar-refractivity contribution < 1.29 is 4.74 Å². The fourth-order valence-electron chi connectivity index (χ4n) is 1.53. The summed E-state index contributed by atoms with van der Waals surface area (Å²) in [7, 11) is 1.68. The summed E-state index contributed by atoms with van der Waals surface area (Å²) in [5.41, 5.74) is 14.6.